The Bertz CT molecular complexity index is 159. The van der Waals surface area contributed by atoms with Gasteiger partial charge in [0.2, 0.25) is 0 Å². The van der Waals surface area contributed by atoms with Crippen molar-refractivity contribution in [3.05, 3.63) is 18.2 Å². The first kappa shape index (κ1) is 6.25. The quantitative estimate of drug-likeness (QED) is 0.456. The minimum atomic E-state index is -0.787. The summed E-state index contributed by atoms with van der Waals surface area (Å²) in [6, 6.07) is 0. The van der Waals surface area contributed by atoms with Crippen LogP contribution in [0.2, 0.25) is 0 Å². The van der Waals surface area contributed by atoms with Crippen LogP contribution >= 0.6 is 0 Å². The normalized spacial score (nSPS) is 13.6. The van der Waals surface area contributed by atoms with Crippen molar-refractivity contribution >= 4 is 0 Å². The van der Waals surface area contributed by atoms with Crippen molar-refractivity contribution in [3.63, 3.8) is 0 Å². The summed E-state index contributed by atoms with van der Waals surface area (Å²) >= 11 is 0. The predicted molar refractivity (Wildman–Crippen MR) is 32.5 cm³/mol. The van der Waals surface area contributed by atoms with Gasteiger partial charge in [0.1, 0.15) is 6.23 Å². The standard InChI is InChI=1S/C5H9N3O/c6-5(9)1-4-2-7-3-8-4/h2-3,5,9H,1,6H2,(H,7,8). The van der Waals surface area contributed by atoms with Crippen LogP contribution in [-0.4, -0.2) is 21.3 Å². The molecule has 4 nitrogen and oxygen atoms in total. The first-order valence-electron chi connectivity index (χ1n) is 2.70. The zero-order valence-corrected chi connectivity index (χ0v) is 4.91. The molecule has 0 amide bonds. The molecular weight excluding hydrogens is 118 g/mol. The lowest BCUT2D eigenvalue weighted by Crippen LogP contribution is -2.21. The first-order valence-corrected chi connectivity index (χ1v) is 2.70. The Morgan fingerprint density at radius 2 is 2.67 bits per heavy atom. The van der Waals surface area contributed by atoms with Gasteiger partial charge in [-0.15, -0.1) is 0 Å². The summed E-state index contributed by atoms with van der Waals surface area (Å²) in [4.78, 5) is 6.57. The van der Waals surface area contributed by atoms with E-state index in [0.717, 1.165) is 5.69 Å². The fourth-order valence-electron chi connectivity index (χ4n) is 0.622. The number of nitrogens with two attached hydrogens (primary N) is 1. The Hall–Kier alpha value is -0.870. The molecule has 0 bridgehead atoms. The van der Waals surface area contributed by atoms with Crippen molar-refractivity contribution in [2.45, 2.75) is 12.6 Å². The fraction of sp³-hybridized carbons (Fsp3) is 0.400. The highest BCUT2D eigenvalue weighted by molar-refractivity contribution is 4.94. The van der Waals surface area contributed by atoms with Crippen LogP contribution in [0.1, 0.15) is 5.69 Å². The van der Waals surface area contributed by atoms with E-state index in [1.807, 2.05) is 0 Å². The molecule has 0 aliphatic rings. The maximum atomic E-state index is 8.65. The molecule has 0 aliphatic heterocycles. The maximum Gasteiger partial charge on any atom is 0.107 e. The summed E-state index contributed by atoms with van der Waals surface area (Å²) < 4.78 is 0. The first-order chi connectivity index (χ1) is 4.29. The molecule has 4 heteroatoms. The summed E-state index contributed by atoms with van der Waals surface area (Å²) in [5.74, 6) is 0. The molecule has 0 fully saturated rings. The summed E-state index contributed by atoms with van der Waals surface area (Å²) in [5.41, 5.74) is 5.94. The van der Waals surface area contributed by atoms with Gasteiger partial charge in [-0.05, 0) is 0 Å². The van der Waals surface area contributed by atoms with Gasteiger partial charge in [0.25, 0.3) is 0 Å². The molecule has 4 N–H and O–H groups in total. The van der Waals surface area contributed by atoms with E-state index in [0.29, 0.717) is 6.42 Å². The van der Waals surface area contributed by atoms with E-state index in [1.165, 1.54) is 0 Å². The molecule has 1 rings (SSSR count). The largest absolute Gasteiger partial charge is 0.378 e. The molecule has 1 aromatic heterocycles. The number of hydrogen-bond donors (Lipinski definition) is 3. The smallest absolute Gasteiger partial charge is 0.107 e. The SMILES string of the molecule is NC(O)Cc1cnc[nH]1. The number of aromatic nitrogens is 2. The highest BCUT2D eigenvalue weighted by Crippen LogP contribution is 1.92. The van der Waals surface area contributed by atoms with Crippen LogP contribution in [-0.2, 0) is 6.42 Å². The van der Waals surface area contributed by atoms with Gasteiger partial charge in [0, 0.05) is 18.3 Å². The highest BCUT2D eigenvalue weighted by Gasteiger charge is 1.97. The van der Waals surface area contributed by atoms with Crippen LogP contribution in [0.4, 0.5) is 0 Å². The monoisotopic (exact) mass is 127 g/mol. The van der Waals surface area contributed by atoms with Crippen molar-refractivity contribution in [3.8, 4) is 0 Å². The zero-order valence-electron chi connectivity index (χ0n) is 4.91. The van der Waals surface area contributed by atoms with Crippen LogP contribution in [0.15, 0.2) is 12.5 Å². The van der Waals surface area contributed by atoms with Gasteiger partial charge in [-0.25, -0.2) is 4.98 Å². The van der Waals surface area contributed by atoms with E-state index in [-0.39, 0.29) is 0 Å². The van der Waals surface area contributed by atoms with E-state index < -0.39 is 6.23 Å². The lowest BCUT2D eigenvalue weighted by Gasteiger charge is -1.98. The van der Waals surface area contributed by atoms with E-state index in [2.05, 4.69) is 9.97 Å². The van der Waals surface area contributed by atoms with Gasteiger partial charge in [-0.1, -0.05) is 0 Å². The molecule has 0 spiro atoms. The molecule has 1 heterocycles. The Kier molecular flexibility index (Phi) is 1.81. The third-order valence-corrected chi connectivity index (χ3v) is 0.984. The number of imidazole rings is 1. The molecule has 50 valence electrons. The average molecular weight is 127 g/mol. The Morgan fingerprint density at radius 1 is 1.89 bits per heavy atom. The van der Waals surface area contributed by atoms with E-state index >= 15 is 0 Å². The topological polar surface area (TPSA) is 74.9 Å². The number of aliphatic hydroxyl groups is 1. The highest BCUT2D eigenvalue weighted by atomic mass is 16.3. The zero-order chi connectivity index (χ0) is 6.69. The second-order valence-electron chi connectivity index (χ2n) is 1.85. The molecule has 0 saturated heterocycles. The molecular formula is C5H9N3O. The van der Waals surface area contributed by atoms with Crippen molar-refractivity contribution in [2.75, 3.05) is 0 Å². The van der Waals surface area contributed by atoms with Crippen LogP contribution in [0, 0.1) is 0 Å². The molecule has 0 aromatic carbocycles. The Balaban J connectivity index is 2.48. The van der Waals surface area contributed by atoms with Crippen LogP contribution in [0.5, 0.6) is 0 Å². The minimum absolute atomic E-state index is 0.431. The van der Waals surface area contributed by atoms with Crippen LogP contribution < -0.4 is 5.73 Å². The summed E-state index contributed by atoms with van der Waals surface area (Å²) in [7, 11) is 0. The molecule has 0 radical (unpaired) electrons. The maximum absolute atomic E-state index is 8.65. The summed E-state index contributed by atoms with van der Waals surface area (Å²) in [5, 5.41) is 8.65. The van der Waals surface area contributed by atoms with Gasteiger partial charge in [-0.3, -0.25) is 0 Å². The van der Waals surface area contributed by atoms with Gasteiger partial charge in [-0.2, -0.15) is 0 Å². The van der Waals surface area contributed by atoms with E-state index in [9.17, 15) is 0 Å². The lowest BCUT2D eigenvalue weighted by molar-refractivity contribution is 0.182. The van der Waals surface area contributed by atoms with Gasteiger partial charge in [0.15, 0.2) is 0 Å². The van der Waals surface area contributed by atoms with E-state index in [1.54, 1.807) is 12.5 Å². The average Bonchev–Trinajstić information content (AvgIpc) is 2.15. The van der Waals surface area contributed by atoms with Crippen molar-refractivity contribution < 1.29 is 5.11 Å². The molecule has 9 heavy (non-hydrogen) atoms. The van der Waals surface area contributed by atoms with Crippen molar-refractivity contribution in [2.24, 2.45) is 5.73 Å². The number of nitrogens with zero attached hydrogens (tertiary/aromatic N) is 1. The summed E-state index contributed by atoms with van der Waals surface area (Å²) in [6.45, 7) is 0. The summed E-state index contributed by atoms with van der Waals surface area (Å²) in [6.07, 6.45) is 2.83. The molecule has 1 aromatic rings. The van der Waals surface area contributed by atoms with Crippen LogP contribution in [0.25, 0.3) is 0 Å². The minimum Gasteiger partial charge on any atom is -0.378 e. The molecule has 1 atom stereocenters. The van der Waals surface area contributed by atoms with Crippen molar-refractivity contribution in [1.29, 1.82) is 0 Å². The van der Waals surface area contributed by atoms with Crippen molar-refractivity contribution in [1.82, 2.24) is 9.97 Å². The van der Waals surface area contributed by atoms with Gasteiger partial charge in [0.05, 0.1) is 6.33 Å². The number of nitrogens with one attached hydrogen (secondary N) is 1. The third kappa shape index (κ3) is 1.83. The number of aromatic amines is 1. The number of aliphatic hydroxyl groups excluding tert-OH is 1. The lowest BCUT2D eigenvalue weighted by atomic mass is 10.3. The predicted octanol–water partition coefficient (Wildman–Crippen LogP) is -0.771. The molecule has 0 aliphatic carbocycles. The molecule has 1 unspecified atom stereocenters. The number of H-pyrrole nitrogens is 1. The third-order valence-electron chi connectivity index (χ3n) is 0.984. The Labute approximate surface area is 52.7 Å². The van der Waals surface area contributed by atoms with Gasteiger partial charge < -0.3 is 15.8 Å². The van der Waals surface area contributed by atoms with Gasteiger partial charge >= 0.3 is 0 Å². The number of rotatable bonds is 2. The Morgan fingerprint density at radius 3 is 3.11 bits per heavy atom. The second-order valence-corrected chi connectivity index (χ2v) is 1.85. The second kappa shape index (κ2) is 2.61. The molecule has 0 saturated carbocycles. The van der Waals surface area contributed by atoms with E-state index in [4.69, 9.17) is 10.8 Å². The van der Waals surface area contributed by atoms with Crippen LogP contribution in [0.3, 0.4) is 0 Å². The number of hydrogen-bond acceptors (Lipinski definition) is 3. The fourth-order valence-corrected chi connectivity index (χ4v) is 0.622.